The maximum absolute atomic E-state index is 13.6. The monoisotopic (exact) mass is 495 g/mol. The van der Waals surface area contributed by atoms with Gasteiger partial charge in [0, 0.05) is 45.1 Å². The second kappa shape index (κ2) is 10.3. The molecule has 1 aromatic heterocycles. The first-order valence-corrected chi connectivity index (χ1v) is 14.6. The van der Waals surface area contributed by atoms with Crippen molar-refractivity contribution < 1.29 is 9.59 Å². The Morgan fingerprint density at radius 2 is 1.53 bits per heavy atom. The van der Waals surface area contributed by atoms with Crippen LogP contribution in [0.1, 0.15) is 118 Å². The van der Waals surface area contributed by atoms with Crippen LogP contribution in [0.15, 0.2) is 17.2 Å². The maximum Gasteiger partial charge on any atom is 0.259 e. The molecule has 5 aliphatic rings. The van der Waals surface area contributed by atoms with Crippen LogP contribution in [0.25, 0.3) is 0 Å². The first-order valence-electron chi connectivity index (χ1n) is 14.6. The molecule has 6 rings (SSSR count). The van der Waals surface area contributed by atoms with Crippen molar-refractivity contribution in [2.45, 2.75) is 96.9 Å². The second-order valence-electron chi connectivity index (χ2n) is 12.7. The third-order valence-electron chi connectivity index (χ3n) is 9.99. The zero-order chi connectivity index (χ0) is 25.4. The number of hydrogen-bond acceptors (Lipinski definition) is 3. The molecule has 2 amide bonds. The summed E-state index contributed by atoms with van der Waals surface area (Å²) in [5.41, 5.74) is 0.280. The molecule has 1 saturated heterocycles. The molecule has 4 aliphatic carbocycles. The Kier molecular flexibility index (Phi) is 7.33. The van der Waals surface area contributed by atoms with E-state index in [1.165, 1.54) is 38.5 Å². The van der Waals surface area contributed by atoms with Gasteiger partial charge in [-0.3, -0.25) is 14.4 Å². The molecule has 4 saturated carbocycles. The number of nitrogens with zero attached hydrogens (tertiary/aromatic N) is 3. The SMILES string of the molecule is CCC(C)n1cc(C(=O)N(C)CCC23CC4CC(CC(C4)C2)C3)c(=O)c(C(=O)N2CCCCCC2)c1. The predicted octanol–water partition coefficient (Wildman–Crippen LogP) is 5.51. The van der Waals surface area contributed by atoms with Crippen LogP contribution in [0, 0.1) is 23.2 Å². The zero-order valence-corrected chi connectivity index (χ0v) is 22.6. The average Bonchev–Trinajstić information content (AvgIpc) is 3.15. The Labute approximate surface area is 216 Å². The van der Waals surface area contributed by atoms with Crippen molar-refractivity contribution in [3.63, 3.8) is 0 Å². The van der Waals surface area contributed by atoms with Crippen LogP contribution in [0.2, 0.25) is 0 Å². The Hall–Kier alpha value is -2.11. The quantitative estimate of drug-likeness (QED) is 0.501. The summed E-state index contributed by atoms with van der Waals surface area (Å²) in [7, 11) is 1.83. The number of hydrogen-bond donors (Lipinski definition) is 0. The van der Waals surface area contributed by atoms with E-state index in [0.29, 0.717) is 25.0 Å². The van der Waals surface area contributed by atoms with E-state index < -0.39 is 5.43 Å². The molecule has 1 atom stereocenters. The summed E-state index contributed by atoms with van der Waals surface area (Å²) < 4.78 is 1.91. The van der Waals surface area contributed by atoms with Gasteiger partial charge in [-0.25, -0.2) is 0 Å². The first kappa shape index (κ1) is 25.5. The minimum atomic E-state index is -0.407. The predicted molar refractivity (Wildman–Crippen MR) is 142 cm³/mol. The highest BCUT2D eigenvalue weighted by atomic mass is 16.2. The van der Waals surface area contributed by atoms with Gasteiger partial charge in [-0.05, 0) is 94.3 Å². The normalized spacial score (nSPS) is 30.2. The van der Waals surface area contributed by atoms with Gasteiger partial charge >= 0.3 is 0 Å². The molecule has 2 heterocycles. The standard InChI is InChI=1S/C30H45N3O3/c1-4-21(2)33-19-25(27(34)26(20-33)29(36)32-10-7-5-6-8-11-32)28(35)31(3)12-9-30-16-22-13-23(17-30)15-24(14-22)18-30/h19-24H,4-18H2,1-3H3. The molecule has 0 N–H and O–H groups in total. The summed E-state index contributed by atoms with van der Waals surface area (Å²) in [5.74, 6) is 2.21. The van der Waals surface area contributed by atoms with Crippen LogP contribution in [-0.4, -0.2) is 52.9 Å². The summed E-state index contributed by atoms with van der Waals surface area (Å²) in [5, 5.41) is 0. The van der Waals surface area contributed by atoms with E-state index in [9.17, 15) is 14.4 Å². The lowest BCUT2D eigenvalue weighted by atomic mass is 9.49. The molecule has 6 nitrogen and oxygen atoms in total. The van der Waals surface area contributed by atoms with E-state index in [4.69, 9.17) is 0 Å². The van der Waals surface area contributed by atoms with Gasteiger partial charge in [0.1, 0.15) is 11.1 Å². The van der Waals surface area contributed by atoms with Crippen LogP contribution in [0.3, 0.4) is 0 Å². The molecular formula is C30H45N3O3. The van der Waals surface area contributed by atoms with Gasteiger partial charge in [0.05, 0.1) is 0 Å². The van der Waals surface area contributed by atoms with Crippen molar-refractivity contribution in [3.8, 4) is 0 Å². The van der Waals surface area contributed by atoms with E-state index in [2.05, 4.69) is 13.8 Å². The zero-order valence-electron chi connectivity index (χ0n) is 22.6. The Morgan fingerprint density at radius 3 is 2.08 bits per heavy atom. The fourth-order valence-corrected chi connectivity index (χ4v) is 8.12. The number of rotatable bonds is 7. The van der Waals surface area contributed by atoms with E-state index >= 15 is 0 Å². The molecule has 0 aromatic carbocycles. The molecule has 198 valence electrons. The average molecular weight is 496 g/mol. The lowest BCUT2D eigenvalue weighted by Crippen LogP contribution is -2.47. The van der Waals surface area contributed by atoms with Crippen LogP contribution < -0.4 is 5.43 Å². The van der Waals surface area contributed by atoms with Crippen molar-refractivity contribution in [3.05, 3.63) is 33.7 Å². The lowest BCUT2D eigenvalue weighted by molar-refractivity contribution is -0.0593. The molecule has 1 aliphatic heterocycles. The van der Waals surface area contributed by atoms with Gasteiger partial charge in [-0.2, -0.15) is 0 Å². The van der Waals surface area contributed by atoms with Crippen LogP contribution in [0.5, 0.6) is 0 Å². The molecule has 1 aromatic rings. The number of likely N-dealkylation sites (tertiary alicyclic amines) is 1. The number of carbonyl (C=O) groups is 2. The summed E-state index contributed by atoms with van der Waals surface area (Å²) >= 11 is 0. The Morgan fingerprint density at radius 1 is 0.972 bits per heavy atom. The second-order valence-corrected chi connectivity index (χ2v) is 12.7. The van der Waals surface area contributed by atoms with Crippen LogP contribution >= 0.6 is 0 Å². The molecule has 0 radical (unpaired) electrons. The van der Waals surface area contributed by atoms with Crippen molar-refractivity contribution in [1.82, 2.24) is 14.4 Å². The van der Waals surface area contributed by atoms with Gasteiger partial charge < -0.3 is 14.4 Å². The highest BCUT2D eigenvalue weighted by Crippen LogP contribution is 2.61. The van der Waals surface area contributed by atoms with Crippen molar-refractivity contribution in [1.29, 1.82) is 0 Å². The van der Waals surface area contributed by atoms with Crippen molar-refractivity contribution >= 4 is 11.8 Å². The number of aromatic nitrogens is 1. The van der Waals surface area contributed by atoms with E-state index in [1.807, 2.05) is 16.5 Å². The Balaban J connectivity index is 1.36. The van der Waals surface area contributed by atoms with Crippen LogP contribution in [-0.2, 0) is 0 Å². The van der Waals surface area contributed by atoms with E-state index in [-0.39, 0.29) is 29.0 Å². The topological polar surface area (TPSA) is 62.6 Å². The minimum Gasteiger partial charge on any atom is -0.350 e. The summed E-state index contributed by atoms with van der Waals surface area (Å²) in [6, 6.07) is 0.102. The highest BCUT2D eigenvalue weighted by molar-refractivity contribution is 5.99. The fourth-order valence-electron chi connectivity index (χ4n) is 8.12. The maximum atomic E-state index is 13.6. The molecule has 5 fully saturated rings. The van der Waals surface area contributed by atoms with Gasteiger partial charge in [0.2, 0.25) is 5.43 Å². The molecule has 1 unspecified atom stereocenters. The summed E-state index contributed by atoms with van der Waals surface area (Å²) in [6.07, 6.45) is 17.7. The largest absolute Gasteiger partial charge is 0.350 e. The fraction of sp³-hybridized carbons (Fsp3) is 0.767. The van der Waals surface area contributed by atoms with Crippen molar-refractivity contribution in [2.24, 2.45) is 23.2 Å². The lowest BCUT2D eigenvalue weighted by Gasteiger charge is -2.57. The van der Waals surface area contributed by atoms with Gasteiger partial charge in [0.25, 0.3) is 11.8 Å². The van der Waals surface area contributed by atoms with Crippen molar-refractivity contribution in [2.75, 3.05) is 26.7 Å². The van der Waals surface area contributed by atoms with Gasteiger partial charge in [0.15, 0.2) is 0 Å². The molecule has 6 heteroatoms. The third kappa shape index (κ3) is 5.02. The molecule has 0 spiro atoms. The molecule has 36 heavy (non-hydrogen) atoms. The number of pyridine rings is 1. The number of carbonyl (C=O) groups excluding carboxylic acids is 2. The third-order valence-corrected chi connectivity index (χ3v) is 9.99. The first-order chi connectivity index (χ1) is 17.3. The Bertz CT molecular complexity index is 1000. The minimum absolute atomic E-state index is 0.102. The van der Waals surface area contributed by atoms with Gasteiger partial charge in [-0.15, -0.1) is 0 Å². The van der Waals surface area contributed by atoms with E-state index in [1.54, 1.807) is 17.3 Å². The summed E-state index contributed by atoms with van der Waals surface area (Å²) in [6.45, 7) is 6.20. The van der Waals surface area contributed by atoms with E-state index in [0.717, 1.165) is 56.3 Å². The number of amides is 2. The molecule has 4 bridgehead atoms. The van der Waals surface area contributed by atoms with Crippen LogP contribution in [0.4, 0.5) is 0 Å². The highest BCUT2D eigenvalue weighted by Gasteiger charge is 2.50. The van der Waals surface area contributed by atoms with Gasteiger partial charge in [-0.1, -0.05) is 19.8 Å². The smallest absolute Gasteiger partial charge is 0.259 e. The molecular weight excluding hydrogens is 450 g/mol. The summed E-state index contributed by atoms with van der Waals surface area (Å²) in [4.78, 5) is 44.2.